The Labute approximate surface area is 117 Å². The van der Waals surface area contributed by atoms with E-state index in [-0.39, 0.29) is 23.6 Å². The minimum atomic E-state index is -1.03. The van der Waals surface area contributed by atoms with Crippen LogP contribution in [0, 0.1) is 11.6 Å². The van der Waals surface area contributed by atoms with Gasteiger partial charge in [-0.15, -0.1) is 0 Å². The van der Waals surface area contributed by atoms with Crippen LogP contribution in [0.2, 0.25) is 0 Å². The molecular formula is C12H11F2N5O2. The summed E-state index contributed by atoms with van der Waals surface area (Å²) in [6.45, 7) is 0. The Morgan fingerprint density at radius 1 is 1.43 bits per heavy atom. The molecule has 1 amide bonds. The molecular weight excluding hydrogens is 284 g/mol. The highest BCUT2D eigenvalue weighted by atomic mass is 19.2. The first-order chi connectivity index (χ1) is 10.0. The number of carbonyl (C=O) groups excluding carboxylic acids is 1. The Balaban J connectivity index is 2.08. The molecule has 1 aromatic heterocycles. The third kappa shape index (κ3) is 3.32. The molecule has 1 aromatic carbocycles. The summed E-state index contributed by atoms with van der Waals surface area (Å²) in [6.07, 6.45) is 1.09. The summed E-state index contributed by atoms with van der Waals surface area (Å²) in [6, 6.07) is 3.18. The molecule has 0 bridgehead atoms. The third-order valence-corrected chi connectivity index (χ3v) is 2.64. The predicted octanol–water partition coefficient (Wildman–Crippen LogP) is 0.964. The van der Waals surface area contributed by atoms with Crippen molar-refractivity contribution >= 4 is 17.6 Å². The topological polar surface area (TPSA) is 116 Å². The second kappa shape index (κ2) is 5.99. The Kier molecular flexibility index (Phi) is 4.12. The first-order valence-electron chi connectivity index (χ1n) is 5.76. The maximum absolute atomic E-state index is 13.0. The molecule has 0 saturated carbocycles. The minimum Gasteiger partial charge on any atom is -0.409 e. The number of amidine groups is 1. The predicted molar refractivity (Wildman–Crippen MR) is 69.8 cm³/mol. The quantitative estimate of drug-likeness (QED) is 0.291. The van der Waals surface area contributed by atoms with Crippen LogP contribution >= 0.6 is 0 Å². The van der Waals surface area contributed by atoms with Crippen LogP contribution < -0.4 is 11.1 Å². The second-order valence-electron chi connectivity index (χ2n) is 4.12. The van der Waals surface area contributed by atoms with E-state index in [9.17, 15) is 13.6 Å². The van der Waals surface area contributed by atoms with Crippen LogP contribution in [-0.2, 0) is 11.2 Å². The summed E-state index contributed by atoms with van der Waals surface area (Å²) in [5.74, 6) is -2.61. The molecule has 0 aliphatic heterocycles. The van der Waals surface area contributed by atoms with Crippen LogP contribution in [0.4, 0.5) is 14.6 Å². The van der Waals surface area contributed by atoms with Crippen molar-refractivity contribution in [2.24, 2.45) is 10.9 Å². The van der Waals surface area contributed by atoms with Gasteiger partial charge in [0.05, 0.1) is 18.2 Å². The zero-order valence-corrected chi connectivity index (χ0v) is 10.6. The molecule has 0 aliphatic rings. The zero-order chi connectivity index (χ0) is 15.4. The third-order valence-electron chi connectivity index (χ3n) is 2.64. The maximum atomic E-state index is 13.0. The molecule has 0 fully saturated rings. The molecule has 110 valence electrons. The first kappa shape index (κ1) is 14.4. The van der Waals surface area contributed by atoms with Gasteiger partial charge >= 0.3 is 0 Å². The van der Waals surface area contributed by atoms with Gasteiger partial charge < -0.3 is 16.3 Å². The Morgan fingerprint density at radius 2 is 2.19 bits per heavy atom. The number of amides is 1. The highest BCUT2D eigenvalue weighted by Gasteiger charge is 2.13. The number of nitrogens with two attached hydrogens (primary N) is 1. The number of anilines is 1. The summed E-state index contributed by atoms with van der Waals surface area (Å²) in [5.41, 5.74) is 5.91. The molecule has 0 atom stereocenters. The van der Waals surface area contributed by atoms with E-state index in [4.69, 9.17) is 10.9 Å². The average molecular weight is 295 g/mol. The molecule has 0 spiro atoms. The van der Waals surface area contributed by atoms with Crippen LogP contribution in [-0.4, -0.2) is 27.1 Å². The summed E-state index contributed by atoms with van der Waals surface area (Å²) in [5, 5.41) is 20.0. The van der Waals surface area contributed by atoms with Crippen LogP contribution in [0.25, 0.3) is 0 Å². The molecule has 0 unspecified atom stereocenters. The summed E-state index contributed by atoms with van der Waals surface area (Å²) < 4.78 is 25.8. The van der Waals surface area contributed by atoms with Crippen molar-refractivity contribution < 1.29 is 18.8 Å². The lowest BCUT2D eigenvalue weighted by Gasteiger charge is -2.05. The van der Waals surface area contributed by atoms with Crippen molar-refractivity contribution in [2.45, 2.75) is 6.42 Å². The van der Waals surface area contributed by atoms with Crippen LogP contribution in [0.5, 0.6) is 0 Å². The van der Waals surface area contributed by atoms with Crippen LogP contribution in [0.15, 0.2) is 29.6 Å². The fourth-order valence-electron chi connectivity index (χ4n) is 1.65. The molecule has 2 rings (SSSR count). The molecule has 2 aromatic rings. The fraction of sp³-hybridized carbons (Fsp3) is 0.0833. The van der Waals surface area contributed by atoms with Crippen molar-refractivity contribution in [3.05, 3.63) is 47.2 Å². The number of aromatic amines is 1. The monoisotopic (exact) mass is 295 g/mol. The number of rotatable bonds is 4. The van der Waals surface area contributed by atoms with Crippen LogP contribution in [0.1, 0.15) is 11.1 Å². The van der Waals surface area contributed by atoms with Gasteiger partial charge in [-0.05, 0) is 17.7 Å². The minimum absolute atomic E-state index is 0.137. The van der Waals surface area contributed by atoms with E-state index in [2.05, 4.69) is 20.7 Å². The van der Waals surface area contributed by atoms with Crippen molar-refractivity contribution in [3.8, 4) is 0 Å². The summed E-state index contributed by atoms with van der Waals surface area (Å²) >= 11 is 0. The number of benzene rings is 1. The van der Waals surface area contributed by atoms with Gasteiger partial charge in [-0.2, -0.15) is 5.10 Å². The van der Waals surface area contributed by atoms with Crippen molar-refractivity contribution in [1.82, 2.24) is 10.2 Å². The standard InChI is InChI=1S/C12H11F2N5O2/c13-8-2-1-6(3-9(8)14)4-10(20)17-12-7(5-16-18-12)11(15)19-21/h1-3,5,21H,4H2,(H2,15,19)(H2,16,17,18,20). The van der Waals surface area contributed by atoms with Gasteiger partial charge in [0.2, 0.25) is 5.91 Å². The lowest BCUT2D eigenvalue weighted by atomic mass is 10.1. The Bertz CT molecular complexity index is 699. The number of hydrogen-bond acceptors (Lipinski definition) is 4. The average Bonchev–Trinajstić information content (AvgIpc) is 2.90. The molecule has 0 radical (unpaired) electrons. The van der Waals surface area contributed by atoms with E-state index >= 15 is 0 Å². The largest absolute Gasteiger partial charge is 0.409 e. The second-order valence-corrected chi connectivity index (χ2v) is 4.12. The van der Waals surface area contributed by atoms with E-state index in [1.807, 2.05) is 0 Å². The van der Waals surface area contributed by atoms with Crippen molar-refractivity contribution in [1.29, 1.82) is 0 Å². The maximum Gasteiger partial charge on any atom is 0.229 e. The number of nitrogens with one attached hydrogen (secondary N) is 2. The van der Waals surface area contributed by atoms with Gasteiger partial charge in [0.25, 0.3) is 0 Å². The number of hydrogen-bond donors (Lipinski definition) is 4. The van der Waals surface area contributed by atoms with Gasteiger partial charge in [-0.25, -0.2) is 8.78 Å². The molecule has 5 N–H and O–H groups in total. The highest BCUT2D eigenvalue weighted by molar-refractivity contribution is 6.04. The molecule has 1 heterocycles. The highest BCUT2D eigenvalue weighted by Crippen LogP contribution is 2.13. The lowest BCUT2D eigenvalue weighted by Crippen LogP contribution is -2.19. The Morgan fingerprint density at radius 3 is 2.86 bits per heavy atom. The van der Waals surface area contributed by atoms with Gasteiger partial charge in [0.15, 0.2) is 17.5 Å². The molecule has 21 heavy (non-hydrogen) atoms. The van der Waals surface area contributed by atoms with Crippen LogP contribution in [0.3, 0.4) is 0 Å². The fourth-order valence-corrected chi connectivity index (χ4v) is 1.65. The van der Waals surface area contributed by atoms with E-state index in [0.29, 0.717) is 5.56 Å². The van der Waals surface area contributed by atoms with E-state index in [1.165, 1.54) is 12.3 Å². The number of halogens is 2. The number of oxime groups is 1. The van der Waals surface area contributed by atoms with Gasteiger partial charge in [0.1, 0.15) is 5.82 Å². The Hall–Kier alpha value is -2.97. The number of carbonyl (C=O) groups is 1. The first-order valence-corrected chi connectivity index (χ1v) is 5.76. The molecule has 7 nitrogen and oxygen atoms in total. The normalized spacial score (nSPS) is 11.4. The van der Waals surface area contributed by atoms with Gasteiger partial charge in [-0.3, -0.25) is 9.89 Å². The van der Waals surface area contributed by atoms with Gasteiger partial charge in [-0.1, -0.05) is 11.2 Å². The molecule has 0 saturated heterocycles. The van der Waals surface area contributed by atoms with Crippen molar-refractivity contribution in [3.63, 3.8) is 0 Å². The van der Waals surface area contributed by atoms with Gasteiger partial charge in [0, 0.05) is 0 Å². The zero-order valence-electron chi connectivity index (χ0n) is 10.6. The van der Waals surface area contributed by atoms with E-state index in [1.54, 1.807) is 0 Å². The van der Waals surface area contributed by atoms with E-state index in [0.717, 1.165) is 12.1 Å². The SMILES string of the molecule is N/C(=N/O)c1cn[nH]c1NC(=O)Cc1ccc(F)c(F)c1. The molecule has 9 heteroatoms. The number of H-pyrrole nitrogens is 1. The van der Waals surface area contributed by atoms with E-state index < -0.39 is 17.5 Å². The summed E-state index contributed by atoms with van der Waals surface area (Å²) in [7, 11) is 0. The number of aromatic nitrogens is 2. The van der Waals surface area contributed by atoms with Crippen molar-refractivity contribution in [2.75, 3.05) is 5.32 Å². The number of nitrogens with zero attached hydrogens (tertiary/aromatic N) is 2. The smallest absolute Gasteiger partial charge is 0.229 e. The summed E-state index contributed by atoms with van der Waals surface area (Å²) in [4.78, 5) is 11.8. The molecule has 0 aliphatic carbocycles. The lowest BCUT2D eigenvalue weighted by molar-refractivity contribution is -0.115.